The number of hydrogen-bond acceptors (Lipinski definition) is 6. The summed E-state index contributed by atoms with van der Waals surface area (Å²) in [5, 5.41) is 12.5. The number of nitrogens with one attached hydrogen (secondary N) is 2. The minimum absolute atomic E-state index is 0.273. The van der Waals surface area contributed by atoms with E-state index < -0.39 is 0 Å². The summed E-state index contributed by atoms with van der Waals surface area (Å²) in [6.07, 6.45) is 0.482. The van der Waals surface area contributed by atoms with Crippen LogP contribution in [0.4, 0.5) is 5.82 Å². The highest BCUT2D eigenvalue weighted by molar-refractivity contribution is 5.92. The number of rotatable bonds is 4. The molecule has 2 heterocycles. The second-order valence-corrected chi connectivity index (χ2v) is 3.45. The maximum atomic E-state index is 11.5. The SMILES string of the molecule is Cc1noc(CCNC(=O)c2cc(N)n[nH]2)n1. The van der Waals surface area contributed by atoms with Crippen LogP contribution in [-0.2, 0) is 6.42 Å². The molecule has 1 amide bonds. The topological polar surface area (TPSA) is 123 Å². The molecule has 0 bridgehead atoms. The van der Waals surface area contributed by atoms with Crippen LogP contribution in [0.25, 0.3) is 0 Å². The highest BCUT2D eigenvalue weighted by Crippen LogP contribution is 2.00. The number of carbonyl (C=O) groups is 1. The van der Waals surface area contributed by atoms with Gasteiger partial charge in [-0.05, 0) is 6.92 Å². The summed E-state index contributed by atoms with van der Waals surface area (Å²) >= 11 is 0. The molecule has 8 nitrogen and oxygen atoms in total. The van der Waals surface area contributed by atoms with Crippen molar-refractivity contribution >= 4 is 11.7 Å². The molecule has 0 unspecified atom stereocenters. The van der Waals surface area contributed by atoms with Gasteiger partial charge in [0.05, 0.1) is 0 Å². The van der Waals surface area contributed by atoms with E-state index in [1.54, 1.807) is 6.92 Å². The molecular weight excluding hydrogens is 224 g/mol. The standard InChI is InChI=1S/C9H12N6O2/c1-5-12-8(17-15-5)2-3-11-9(16)6-4-7(10)14-13-6/h4H,2-3H2,1H3,(H,11,16)(H3,10,13,14). The summed E-state index contributed by atoms with van der Waals surface area (Å²) in [5.41, 5.74) is 5.71. The van der Waals surface area contributed by atoms with Gasteiger partial charge in [-0.25, -0.2) is 0 Å². The zero-order valence-corrected chi connectivity index (χ0v) is 9.23. The average molecular weight is 236 g/mol. The molecule has 0 spiro atoms. The van der Waals surface area contributed by atoms with E-state index in [2.05, 4.69) is 25.7 Å². The second kappa shape index (κ2) is 4.64. The molecular formula is C9H12N6O2. The lowest BCUT2D eigenvalue weighted by Gasteiger charge is -1.99. The minimum Gasteiger partial charge on any atom is -0.382 e. The van der Waals surface area contributed by atoms with Crippen molar-refractivity contribution in [2.45, 2.75) is 13.3 Å². The molecule has 0 fully saturated rings. The van der Waals surface area contributed by atoms with Crippen molar-refractivity contribution in [1.82, 2.24) is 25.7 Å². The quantitative estimate of drug-likeness (QED) is 0.667. The number of nitrogen functional groups attached to an aromatic ring is 1. The number of nitrogens with two attached hydrogens (primary N) is 1. The molecule has 8 heteroatoms. The van der Waals surface area contributed by atoms with Gasteiger partial charge in [-0.1, -0.05) is 5.16 Å². The summed E-state index contributed by atoms with van der Waals surface area (Å²) in [6, 6.07) is 1.46. The van der Waals surface area contributed by atoms with Crippen molar-refractivity contribution in [2.75, 3.05) is 12.3 Å². The van der Waals surface area contributed by atoms with Gasteiger partial charge < -0.3 is 15.6 Å². The molecule has 90 valence electrons. The van der Waals surface area contributed by atoms with Crippen LogP contribution in [-0.4, -0.2) is 32.8 Å². The molecule has 0 radical (unpaired) electrons. The number of H-pyrrole nitrogens is 1. The van der Waals surface area contributed by atoms with Gasteiger partial charge >= 0.3 is 0 Å². The zero-order chi connectivity index (χ0) is 12.3. The van der Waals surface area contributed by atoms with E-state index in [1.165, 1.54) is 6.07 Å². The fourth-order valence-corrected chi connectivity index (χ4v) is 1.27. The Morgan fingerprint density at radius 1 is 1.65 bits per heavy atom. The van der Waals surface area contributed by atoms with Crippen LogP contribution in [0.15, 0.2) is 10.6 Å². The predicted molar refractivity (Wildman–Crippen MR) is 58.1 cm³/mol. The fraction of sp³-hybridized carbons (Fsp3) is 0.333. The number of carbonyl (C=O) groups excluding carboxylic acids is 1. The van der Waals surface area contributed by atoms with Gasteiger partial charge in [-0.2, -0.15) is 10.1 Å². The van der Waals surface area contributed by atoms with E-state index >= 15 is 0 Å². The van der Waals surface area contributed by atoms with E-state index in [1.807, 2.05) is 0 Å². The third kappa shape index (κ3) is 2.80. The third-order valence-electron chi connectivity index (χ3n) is 2.04. The van der Waals surface area contributed by atoms with Crippen LogP contribution in [0, 0.1) is 6.92 Å². The Morgan fingerprint density at radius 2 is 2.47 bits per heavy atom. The van der Waals surface area contributed by atoms with Gasteiger partial charge in [0.15, 0.2) is 5.82 Å². The van der Waals surface area contributed by atoms with Crippen LogP contribution in [0.3, 0.4) is 0 Å². The molecule has 0 aliphatic rings. The molecule has 2 aromatic heterocycles. The Balaban J connectivity index is 1.81. The highest BCUT2D eigenvalue weighted by atomic mass is 16.5. The van der Waals surface area contributed by atoms with Gasteiger partial charge in [0.2, 0.25) is 5.89 Å². The minimum atomic E-state index is -0.273. The normalized spacial score (nSPS) is 10.4. The van der Waals surface area contributed by atoms with Crippen molar-refractivity contribution in [1.29, 1.82) is 0 Å². The Bertz CT molecular complexity index is 517. The lowest BCUT2D eigenvalue weighted by atomic mass is 10.3. The lowest BCUT2D eigenvalue weighted by Crippen LogP contribution is -2.26. The first-order valence-electron chi connectivity index (χ1n) is 5.03. The Kier molecular flexibility index (Phi) is 3.03. The number of aromatic amines is 1. The Labute approximate surface area is 96.6 Å². The largest absolute Gasteiger partial charge is 0.382 e. The average Bonchev–Trinajstić information content (AvgIpc) is 2.88. The van der Waals surface area contributed by atoms with Crippen molar-refractivity contribution in [3.05, 3.63) is 23.5 Å². The molecule has 17 heavy (non-hydrogen) atoms. The monoisotopic (exact) mass is 236 g/mol. The van der Waals surface area contributed by atoms with Crippen LogP contribution in [0.1, 0.15) is 22.2 Å². The number of nitrogens with zero attached hydrogens (tertiary/aromatic N) is 3. The van der Waals surface area contributed by atoms with E-state index in [0.29, 0.717) is 30.4 Å². The van der Waals surface area contributed by atoms with Gasteiger partial charge in [-0.15, -0.1) is 0 Å². The summed E-state index contributed by atoms with van der Waals surface area (Å²) in [5.74, 6) is 1.08. The number of aromatic nitrogens is 4. The summed E-state index contributed by atoms with van der Waals surface area (Å²) in [6.45, 7) is 2.14. The number of amides is 1. The first-order valence-corrected chi connectivity index (χ1v) is 5.03. The Hall–Kier alpha value is -2.38. The molecule has 0 saturated carbocycles. The van der Waals surface area contributed by atoms with Crippen LogP contribution in [0.2, 0.25) is 0 Å². The molecule has 0 saturated heterocycles. The number of anilines is 1. The summed E-state index contributed by atoms with van der Waals surface area (Å²) < 4.78 is 4.90. The predicted octanol–water partition coefficient (Wildman–Crippen LogP) is -0.344. The maximum absolute atomic E-state index is 11.5. The molecule has 0 aliphatic heterocycles. The van der Waals surface area contributed by atoms with Crippen molar-refractivity contribution in [3.8, 4) is 0 Å². The highest BCUT2D eigenvalue weighted by Gasteiger charge is 2.09. The molecule has 0 aromatic carbocycles. The van der Waals surface area contributed by atoms with Crippen molar-refractivity contribution < 1.29 is 9.32 Å². The van der Waals surface area contributed by atoms with Gasteiger partial charge in [0, 0.05) is 19.0 Å². The number of hydrogen-bond donors (Lipinski definition) is 3. The van der Waals surface area contributed by atoms with Crippen LogP contribution in [0.5, 0.6) is 0 Å². The number of aryl methyl sites for hydroxylation is 1. The van der Waals surface area contributed by atoms with E-state index in [-0.39, 0.29) is 11.7 Å². The fourth-order valence-electron chi connectivity index (χ4n) is 1.27. The van der Waals surface area contributed by atoms with Crippen LogP contribution >= 0.6 is 0 Å². The van der Waals surface area contributed by atoms with Gasteiger partial charge in [-0.3, -0.25) is 9.89 Å². The Morgan fingerprint density at radius 3 is 3.06 bits per heavy atom. The molecule has 4 N–H and O–H groups in total. The van der Waals surface area contributed by atoms with Crippen LogP contribution < -0.4 is 11.1 Å². The maximum Gasteiger partial charge on any atom is 0.269 e. The van der Waals surface area contributed by atoms with Crippen molar-refractivity contribution in [3.63, 3.8) is 0 Å². The molecule has 2 rings (SSSR count). The summed E-state index contributed by atoms with van der Waals surface area (Å²) in [7, 11) is 0. The first-order chi connectivity index (χ1) is 8.15. The second-order valence-electron chi connectivity index (χ2n) is 3.45. The molecule has 2 aromatic rings. The zero-order valence-electron chi connectivity index (χ0n) is 9.23. The van der Waals surface area contributed by atoms with E-state index in [0.717, 1.165) is 0 Å². The summed E-state index contributed by atoms with van der Waals surface area (Å²) in [4.78, 5) is 15.6. The van der Waals surface area contributed by atoms with Gasteiger partial charge in [0.25, 0.3) is 5.91 Å². The van der Waals surface area contributed by atoms with E-state index in [4.69, 9.17) is 10.3 Å². The third-order valence-corrected chi connectivity index (χ3v) is 2.04. The first kappa shape index (κ1) is 11.1. The van der Waals surface area contributed by atoms with Gasteiger partial charge in [0.1, 0.15) is 11.5 Å². The van der Waals surface area contributed by atoms with Crippen molar-refractivity contribution in [2.24, 2.45) is 0 Å². The lowest BCUT2D eigenvalue weighted by molar-refractivity contribution is 0.0948. The smallest absolute Gasteiger partial charge is 0.269 e. The molecule has 0 aliphatic carbocycles. The van der Waals surface area contributed by atoms with E-state index in [9.17, 15) is 4.79 Å². The molecule has 0 atom stereocenters.